The number of rotatable bonds is 3. The quantitative estimate of drug-likeness (QED) is 0.801. The molecule has 0 spiro atoms. The molecule has 2 nitrogen and oxygen atoms in total. The number of hydrogen-bond donors (Lipinski definition) is 1. The number of aryl methyl sites for hydroxylation is 1. The third-order valence-electron chi connectivity index (χ3n) is 3.08. The lowest BCUT2D eigenvalue weighted by molar-refractivity contribution is 0.413. The lowest BCUT2D eigenvalue weighted by Gasteiger charge is -2.07. The minimum Gasteiger partial charge on any atom is -0.465 e. The van der Waals surface area contributed by atoms with E-state index in [1.165, 1.54) is 24.2 Å². The second-order valence-corrected chi connectivity index (χ2v) is 4.51. The minimum absolute atomic E-state index is 0.499. The van der Waals surface area contributed by atoms with E-state index in [-0.39, 0.29) is 0 Å². The Morgan fingerprint density at radius 1 is 1.57 bits per heavy atom. The van der Waals surface area contributed by atoms with E-state index < -0.39 is 0 Å². The van der Waals surface area contributed by atoms with Gasteiger partial charge in [-0.25, -0.2) is 0 Å². The molecule has 0 saturated heterocycles. The molecule has 0 saturated carbocycles. The predicted molar refractivity (Wildman–Crippen MR) is 57.5 cm³/mol. The molecule has 0 radical (unpaired) electrons. The first-order valence-electron chi connectivity index (χ1n) is 5.55. The van der Waals surface area contributed by atoms with Gasteiger partial charge in [-0.1, -0.05) is 13.8 Å². The first-order chi connectivity index (χ1) is 6.72. The Hall–Kier alpha value is -0.760. The van der Waals surface area contributed by atoms with E-state index in [1.807, 2.05) is 0 Å². The lowest BCUT2D eigenvalue weighted by atomic mass is 10.0. The molecule has 78 valence electrons. The topological polar surface area (TPSA) is 39.2 Å². The molecule has 1 aliphatic carbocycles. The van der Waals surface area contributed by atoms with E-state index in [4.69, 9.17) is 10.2 Å². The van der Waals surface area contributed by atoms with E-state index >= 15 is 0 Å². The minimum atomic E-state index is 0.499. The van der Waals surface area contributed by atoms with E-state index in [0.717, 1.165) is 18.7 Å². The van der Waals surface area contributed by atoms with Crippen molar-refractivity contribution in [3.63, 3.8) is 0 Å². The van der Waals surface area contributed by atoms with Gasteiger partial charge in [0.05, 0.1) is 0 Å². The molecule has 2 N–H and O–H groups in total. The van der Waals surface area contributed by atoms with E-state index in [0.29, 0.717) is 11.8 Å². The van der Waals surface area contributed by atoms with Crippen molar-refractivity contribution in [2.45, 2.75) is 44.9 Å². The summed E-state index contributed by atoms with van der Waals surface area (Å²) in [7, 11) is 0. The van der Waals surface area contributed by atoms with Crippen molar-refractivity contribution < 1.29 is 4.42 Å². The van der Waals surface area contributed by atoms with E-state index in [9.17, 15) is 0 Å². The molecule has 2 rings (SSSR count). The second kappa shape index (κ2) is 3.77. The summed E-state index contributed by atoms with van der Waals surface area (Å²) in [4.78, 5) is 0. The molecule has 0 fully saturated rings. The highest BCUT2D eigenvalue weighted by molar-refractivity contribution is 5.30. The van der Waals surface area contributed by atoms with Crippen molar-refractivity contribution in [2.24, 2.45) is 5.73 Å². The summed E-state index contributed by atoms with van der Waals surface area (Å²) in [6.45, 7) is 5.11. The zero-order chi connectivity index (χ0) is 10.1. The van der Waals surface area contributed by atoms with Crippen molar-refractivity contribution >= 4 is 0 Å². The lowest BCUT2D eigenvalue weighted by Crippen LogP contribution is -2.04. The van der Waals surface area contributed by atoms with Crippen molar-refractivity contribution in [3.05, 3.63) is 23.2 Å². The van der Waals surface area contributed by atoms with Crippen molar-refractivity contribution in [1.82, 2.24) is 0 Å². The summed E-state index contributed by atoms with van der Waals surface area (Å²) < 4.78 is 5.90. The third kappa shape index (κ3) is 1.59. The summed E-state index contributed by atoms with van der Waals surface area (Å²) >= 11 is 0. The Morgan fingerprint density at radius 2 is 2.36 bits per heavy atom. The van der Waals surface area contributed by atoms with Crippen LogP contribution in [-0.4, -0.2) is 6.54 Å². The summed E-state index contributed by atoms with van der Waals surface area (Å²) in [5.41, 5.74) is 7.01. The van der Waals surface area contributed by atoms with Crippen LogP contribution in [0.25, 0.3) is 0 Å². The third-order valence-corrected chi connectivity index (χ3v) is 3.08. The van der Waals surface area contributed by atoms with Crippen LogP contribution in [0.1, 0.15) is 55.6 Å². The molecule has 0 aliphatic heterocycles. The SMILES string of the molecule is CC(C)c1cc2c(o1)C(CCN)CC2. The monoisotopic (exact) mass is 193 g/mol. The average Bonchev–Trinajstić information content (AvgIpc) is 2.67. The van der Waals surface area contributed by atoms with E-state index in [2.05, 4.69) is 19.9 Å². The van der Waals surface area contributed by atoms with Gasteiger partial charge >= 0.3 is 0 Å². The Bertz CT molecular complexity index is 314. The molecular formula is C12H19NO. The van der Waals surface area contributed by atoms with Crippen LogP contribution in [-0.2, 0) is 6.42 Å². The van der Waals surface area contributed by atoms with Crippen LogP contribution >= 0.6 is 0 Å². The predicted octanol–water partition coefficient (Wildman–Crippen LogP) is 2.78. The maximum absolute atomic E-state index is 5.90. The van der Waals surface area contributed by atoms with Gasteiger partial charge in [-0.2, -0.15) is 0 Å². The molecule has 0 bridgehead atoms. The first kappa shape index (κ1) is 9.78. The number of nitrogens with two attached hydrogens (primary N) is 1. The highest BCUT2D eigenvalue weighted by Crippen LogP contribution is 2.38. The highest BCUT2D eigenvalue weighted by Gasteiger charge is 2.27. The van der Waals surface area contributed by atoms with Gasteiger partial charge in [-0.05, 0) is 37.4 Å². The zero-order valence-corrected chi connectivity index (χ0v) is 9.05. The summed E-state index contributed by atoms with van der Waals surface area (Å²) in [6.07, 6.45) is 3.47. The van der Waals surface area contributed by atoms with Crippen LogP contribution in [0.2, 0.25) is 0 Å². The molecule has 1 atom stereocenters. The maximum atomic E-state index is 5.90. The van der Waals surface area contributed by atoms with Gasteiger partial charge < -0.3 is 10.2 Å². The average molecular weight is 193 g/mol. The van der Waals surface area contributed by atoms with E-state index in [1.54, 1.807) is 0 Å². The molecular weight excluding hydrogens is 174 g/mol. The summed E-state index contributed by atoms with van der Waals surface area (Å²) in [5, 5.41) is 0. The molecule has 14 heavy (non-hydrogen) atoms. The van der Waals surface area contributed by atoms with Gasteiger partial charge in [-0.15, -0.1) is 0 Å². The largest absolute Gasteiger partial charge is 0.465 e. The Balaban J connectivity index is 2.21. The molecule has 1 unspecified atom stereocenters. The van der Waals surface area contributed by atoms with Crippen LogP contribution < -0.4 is 5.73 Å². The Kier molecular flexibility index (Phi) is 2.64. The highest BCUT2D eigenvalue weighted by atomic mass is 16.3. The van der Waals surface area contributed by atoms with Crippen LogP contribution in [0.4, 0.5) is 0 Å². The zero-order valence-electron chi connectivity index (χ0n) is 9.05. The number of furan rings is 1. The molecule has 1 heterocycles. The smallest absolute Gasteiger partial charge is 0.110 e. The normalized spacial score (nSPS) is 20.4. The number of fused-ring (bicyclic) bond motifs is 1. The van der Waals surface area contributed by atoms with Crippen molar-refractivity contribution in [3.8, 4) is 0 Å². The van der Waals surface area contributed by atoms with Gasteiger partial charge in [-0.3, -0.25) is 0 Å². The molecule has 1 aromatic heterocycles. The fraction of sp³-hybridized carbons (Fsp3) is 0.667. The van der Waals surface area contributed by atoms with Crippen LogP contribution in [0.3, 0.4) is 0 Å². The summed E-state index contributed by atoms with van der Waals surface area (Å²) in [6, 6.07) is 2.23. The fourth-order valence-electron chi connectivity index (χ4n) is 2.23. The van der Waals surface area contributed by atoms with Crippen LogP contribution in [0.15, 0.2) is 10.5 Å². The van der Waals surface area contributed by atoms with Crippen molar-refractivity contribution in [2.75, 3.05) is 6.54 Å². The standard InChI is InChI=1S/C12H19NO/c1-8(2)11-7-10-4-3-9(5-6-13)12(10)14-11/h7-9H,3-6,13H2,1-2H3. The van der Waals surface area contributed by atoms with Gasteiger partial charge in [0.25, 0.3) is 0 Å². The molecule has 2 heteroatoms. The van der Waals surface area contributed by atoms with Gasteiger partial charge in [0.2, 0.25) is 0 Å². The van der Waals surface area contributed by atoms with Gasteiger partial charge in [0.15, 0.2) is 0 Å². The number of hydrogen-bond acceptors (Lipinski definition) is 2. The fourth-order valence-corrected chi connectivity index (χ4v) is 2.23. The molecule has 0 amide bonds. The Labute approximate surface area is 85.5 Å². The summed E-state index contributed by atoms with van der Waals surface area (Å²) in [5.74, 6) is 3.44. The van der Waals surface area contributed by atoms with Gasteiger partial charge in [0.1, 0.15) is 11.5 Å². The van der Waals surface area contributed by atoms with Gasteiger partial charge in [0, 0.05) is 11.8 Å². The molecule has 1 aliphatic rings. The molecule has 1 aromatic rings. The maximum Gasteiger partial charge on any atom is 0.110 e. The Morgan fingerprint density at radius 3 is 3.00 bits per heavy atom. The molecule has 0 aromatic carbocycles. The second-order valence-electron chi connectivity index (χ2n) is 4.51. The first-order valence-corrected chi connectivity index (χ1v) is 5.55. The van der Waals surface area contributed by atoms with Crippen LogP contribution in [0, 0.1) is 0 Å². The van der Waals surface area contributed by atoms with Crippen molar-refractivity contribution in [1.29, 1.82) is 0 Å². The van der Waals surface area contributed by atoms with Crippen LogP contribution in [0.5, 0.6) is 0 Å².